The van der Waals surface area contributed by atoms with Gasteiger partial charge in [0.25, 0.3) is 5.91 Å². The van der Waals surface area contributed by atoms with Gasteiger partial charge in [0.15, 0.2) is 0 Å². The molecule has 1 heterocycles. The van der Waals surface area contributed by atoms with Crippen molar-refractivity contribution in [3.05, 3.63) is 35.9 Å². The molecule has 0 bridgehead atoms. The number of nitrogens with two attached hydrogens (primary N) is 1. The molecule has 122 valence electrons. The lowest BCUT2D eigenvalue weighted by atomic mass is 9.97. The Bertz CT molecular complexity index is 661. The second-order valence-electron chi connectivity index (χ2n) is 6.09. The van der Waals surface area contributed by atoms with Crippen LogP contribution in [0.3, 0.4) is 0 Å². The third-order valence-corrected chi connectivity index (χ3v) is 4.31. The molecule has 6 heteroatoms. The number of carbonyl (C=O) groups excluding carboxylic acids is 2. The van der Waals surface area contributed by atoms with Crippen molar-refractivity contribution in [1.29, 1.82) is 0 Å². The quantitative estimate of drug-likeness (QED) is 0.825. The van der Waals surface area contributed by atoms with E-state index < -0.39 is 5.54 Å². The molecule has 23 heavy (non-hydrogen) atoms. The molecule has 2 amide bonds. The van der Waals surface area contributed by atoms with E-state index in [2.05, 4.69) is 5.32 Å². The summed E-state index contributed by atoms with van der Waals surface area (Å²) in [5.74, 6) is -0.230. The summed E-state index contributed by atoms with van der Waals surface area (Å²) in [5, 5.41) is 2.87. The highest BCUT2D eigenvalue weighted by Gasteiger charge is 2.34. The average molecular weight is 315 g/mol. The van der Waals surface area contributed by atoms with E-state index in [1.54, 1.807) is 11.0 Å². The maximum absolute atomic E-state index is 12.3. The van der Waals surface area contributed by atoms with Crippen LogP contribution in [-0.4, -0.2) is 37.1 Å². The van der Waals surface area contributed by atoms with Gasteiger partial charge in [-0.2, -0.15) is 0 Å². The number of hydrogen-bond acceptors (Lipinski definition) is 4. The number of nitrogens with one attached hydrogen (secondary N) is 1. The summed E-state index contributed by atoms with van der Waals surface area (Å²) in [5.41, 5.74) is 7.72. The molecule has 1 aromatic carbocycles. The third kappa shape index (κ3) is 3.13. The Morgan fingerprint density at radius 3 is 2.74 bits per heavy atom. The van der Waals surface area contributed by atoms with Crippen molar-refractivity contribution >= 4 is 23.2 Å². The number of rotatable bonds is 3. The molecule has 1 aromatic rings. The van der Waals surface area contributed by atoms with E-state index >= 15 is 0 Å². The van der Waals surface area contributed by atoms with E-state index in [1.807, 2.05) is 31.2 Å². The number of anilines is 2. The van der Waals surface area contributed by atoms with Gasteiger partial charge in [-0.25, -0.2) is 0 Å². The van der Waals surface area contributed by atoms with Gasteiger partial charge in [-0.15, -0.1) is 0 Å². The van der Waals surface area contributed by atoms with E-state index in [-0.39, 0.29) is 18.4 Å². The van der Waals surface area contributed by atoms with Gasteiger partial charge in [-0.05, 0) is 43.5 Å². The number of hydrogen-bond donors (Lipinski definition) is 2. The summed E-state index contributed by atoms with van der Waals surface area (Å²) < 4.78 is 5.15. The predicted molar refractivity (Wildman–Crippen MR) is 88.3 cm³/mol. The number of benzene rings is 1. The maximum Gasteiger partial charge on any atom is 0.253 e. The predicted octanol–water partition coefficient (Wildman–Crippen LogP) is 1.34. The molecule has 3 N–H and O–H groups in total. The fourth-order valence-corrected chi connectivity index (χ4v) is 2.92. The van der Waals surface area contributed by atoms with Gasteiger partial charge in [0.05, 0.1) is 6.61 Å². The van der Waals surface area contributed by atoms with Crippen molar-refractivity contribution in [3.8, 4) is 0 Å². The fourth-order valence-electron chi connectivity index (χ4n) is 2.92. The molecule has 1 aliphatic carbocycles. The summed E-state index contributed by atoms with van der Waals surface area (Å²) in [4.78, 5) is 26.0. The first-order valence-corrected chi connectivity index (χ1v) is 7.74. The lowest BCUT2D eigenvalue weighted by Crippen LogP contribution is -2.49. The Kier molecular flexibility index (Phi) is 4.19. The summed E-state index contributed by atoms with van der Waals surface area (Å²) in [6.45, 7) is 3.11. The Hall–Kier alpha value is -2.18. The number of ether oxygens (including phenoxy) is 1. The number of nitrogens with zero attached hydrogens (tertiary/aromatic N) is 1. The number of morpholine rings is 1. The highest BCUT2D eigenvalue weighted by atomic mass is 16.5. The van der Waals surface area contributed by atoms with Crippen LogP contribution < -0.4 is 16.0 Å². The van der Waals surface area contributed by atoms with E-state index in [9.17, 15) is 9.59 Å². The number of amides is 2. The molecule has 0 saturated carbocycles. The van der Waals surface area contributed by atoms with Gasteiger partial charge < -0.3 is 20.7 Å². The van der Waals surface area contributed by atoms with Crippen molar-refractivity contribution in [2.45, 2.75) is 25.3 Å². The van der Waals surface area contributed by atoms with Crippen LogP contribution in [0.25, 0.3) is 0 Å². The smallest absolute Gasteiger partial charge is 0.253 e. The highest BCUT2D eigenvalue weighted by molar-refractivity contribution is 5.99. The Balaban J connectivity index is 1.74. The molecule has 6 nitrogen and oxygen atoms in total. The minimum atomic E-state index is -0.854. The summed E-state index contributed by atoms with van der Waals surface area (Å²) in [7, 11) is 0. The van der Waals surface area contributed by atoms with Gasteiger partial charge in [0.1, 0.15) is 12.1 Å². The van der Waals surface area contributed by atoms with Crippen LogP contribution in [0, 0.1) is 6.92 Å². The first-order chi connectivity index (χ1) is 11.0. The summed E-state index contributed by atoms with van der Waals surface area (Å²) in [6, 6.07) is 5.51. The first-order valence-electron chi connectivity index (χ1n) is 7.74. The zero-order chi connectivity index (χ0) is 16.4. The molecule has 0 radical (unpaired) electrons. The zero-order valence-electron chi connectivity index (χ0n) is 13.2. The van der Waals surface area contributed by atoms with Crippen LogP contribution in [0.2, 0.25) is 0 Å². The topological polar surface area (TPSA) is 84.7 Å². The van der Waals surface area contributed by atoms with Crippen molar-refractivity contribution in [3.63, 3.8) is 0 Å². The summed E-state index contributed by atoms with van der Waals surface area (Å²) in [6.07, 6.45) is 4.96. The van der Waals surface area contributed by atoms with Crippen LogP contribution in [0.4, 0.5) is 11.4 Å². The fraction of sp³-hybridized carbons (Fsp3) is 0.412. The lowest BCUT2D eigenvalue weighted by molar-refractivity contribution is -0.125. The standard InChI is InChI=1S/C17H21N3O3/c1-12-10-13(19-16(22)17(18)6-2-3-7-17)4-5-14(12)20-8-9-23-11-15(20)21/h2-5,10H,6-9,11,18H2,1H3,(H,19,22). The maximum atomic E-state index is 12.3. The molecule has 3 rings (SSSR count). The van der Waals surface area contributed by atoms with Crippen molar-refractivity contribution in [1.82, 2.24) is 0 Å². The molecule has 2 aliphatic rings. The monoisotopic (exact) mass is 315 g/mol. The minimum absolute atomic E-state index is 0.0472. The van der Waals surface area contributed by atoms with Gasteiger partial charge in [0, 0.05) is 17.9 Å². The van der Waals surface area contributed by atoms with Crippen molar-refractivity contribution < 1.29 is 14.3 Å². The minimum Gasteiger partial charge on any atom is -0.370 e. The first kappa shape index (κ1) is 15.7. The SMILES string of the molecule is Cc1cc(NC(=O)C2(N)CC=CC2)ccc1N1CCOCC1=O. The zero-order valence-corrected chi connectivity index (χ0v) is 13.2. The molecular weight excluding hydrogens is 294 g/mol. The Morgan fingerprint density at radius 1 is 1.35 bits per heavy atom. The van der Waals surface area contributed by atoms with Crippen LogP contribution >= 0.6 is 0 Å². The van der Waals surface area contributed by atoms with E-state index in [1.165, 1.54) is 0 Å². The molecule has 0 aromatic heterocycles. The van der Waals surface area contributed by atoms with Gasteiger partial charge >= 0.3 is 0 Å². The molecular formula is C17H21N3O3. The van der Waals surface area contributed by atoms with E-state index in [4.69, 9.17) is 10.5 Å². The number of carbonyl (C=O) groups is 2. The van der Waals surface area contributed by atoms with Crippen molar-refractivity contribution in [2.24, 2.45) is 5.73 Å². The lowest BCUT2D eigenvalue weighted by Gasteiger charge is -2.28. The Morgan fingerprint density at radius 2 is 2.09 bits per heavy atom. The van der Waals surface area contributed by atoms with Crippen LogP contribution in [0.1, 0.15) is 18.4 Å². The largest absolute Gasteiger partial charge is 0.370 e. The van der Waals surface area contributed by atoms with Crippen molar-refractivity contribution in [2.75, 3.05) is 30.0 Å². The third-order valence-electron chi connectivity index (χ3n) is 4.31. The Labute approximate surface area is 135 Å². The van der Waals surface area contributed by atoms with Crippen LogP contribution in [-0.2, 0) is 14.3 Å². The van der Waals surface area contributed by atoms with Crippen LogP contribution in [0.15, 0.2) is 30.4 Å². The van der Waals surface area contributed by atoms with Gasteiger partial charge in [-0.1, -0.05) is 12.2 Å². The summed E-state index contributed by atoms with van der Waals surface area (Å²) >= 11 is 0. The van der Waals surface area contributed by atoms with E-state index in [0.717, 1.165) is 11.3 Å². The molecule has 1 saturated heterocycles. The molecule has 0 unspecified atom stereocenters. The molecule has 1 fully saturated rings. The van der Waals surface area contributed by atoms with Gasteiger partial charge in [0.2, 0.25) is 5.91 Å². The normalized spacial score (nSPS) is 19.9. The highest BCUT2D eigenvalue weighted by Crippen LogP contribution is 2.27. The van der Waals surface area contributed by atoms with Gasteiger partial charge in [-0.3, -0.25) is 9.59 Å². The van der Waals surface area contributed by atoms with E-state index in [0.29, 0.717) is 31.7 Å². The molecule has 0 atom stereocenters. The second-order valence-corrected chi connectivity index (χ2v) is 6.09. The van der Waals surface area contributed by atoms with Crippen LogP contribution in [0.5, 0.6) is 0 Å². The number of aryl methyl sites for hydroxylation is 1. The second kappa shape index (κ2) is 6.14. The molecule has 1 aliphatic heterocycles. The average Bonchev–Trinajstić information content (AvgIpc) is 2.97. The molecule has 0 spiro atoms.